The van der Waals surface area contributed by atoms with E-state index in [0.29, 0.717) is 10.6 Å². The zero-order chi connectivity index (χ0) is 18.0. The molecule has 0 aliphatic heterocycles. The van der Waals surface area contributed by atoms with Crippen molar-refractivity contribution in [2.45, 2.75) is 5.03 Å². The quantitative estimate of drug-likeness (QED) is 0.709. The molecule has 0 spiro atoms. The molecule has 0 saturated heterocycles. The molecule has 1 heterocycles. The first-order valence-corrected chi connectivity index (χ1v) is 9.30. The Hall–Kier alpha value is -2.78. The predicted molar refractivity (Wildman–Crippen MR) is 91.7 cm³/mol. The lowest BCUT2D eigenvalue weighted by Crippen LogP contribution is -2.15. The lowest BCUT2D eigenvalue weighted by Gasteiger charge is -2.08. The van der Waals surface area contributed by atoms with Crippen molar-refractivity contribution in [3.63, 3.8) is 0 Å². The van der Waals surface area contributed by atoms with Crippen molar-refractivity contribution in [3.05, 3.63) is 65.3 Å². The average molecular weight is 378 g/mol. The van der Waals surface area contributed by atoms with Crippen LogP contribution in [-0.2, 0) is 10.0 Å². The summed E-state index contributed by atoms with van der Waals surface area (Å²) in [6, 6.07) is 11.2. The van der Waals surface area contributed by atoms with E-state index in [1.54, 1.807) is 0 Å². The first-order chi connectivity index (χ1) is 11.9. The number of anilines is 1. The summed E-state index contributed by atoms with van der Waals surface area (Å²) < 4.78 is 40.1. The second-order valence-electron chi connectivity index (χ2n) is 4.95. The van der Waals surface area contributed by atoms with E-state index in [4.69, 9.17) is 5.11 Å². The van der Waals surface area contributed by atoms with Gasteiger partial charge >= 0.3 is 5.97 Å². The molecular weight excluding hydrogens is 367 g/mol. The summed E-state index contributed by atoms with van der Waals surface area (Å²) in [5, 5.41) is 10.6. The zero-order valence-electron chi connectivity index (χ0n) is 12.5. The number of carboxylic acid groups (broad SMARTS) is 1. The Bertz CT molecular complexity index is 1030. The number of aromatic carboxylic acids is 1. The third-order valence-electron chi connectivity index (χ3n) is 3.25. The van der Waals surface area contributed by atoms with Crippen molar-refractivity contribution in [2.24, 2.45) is 0 Å². The highest BCUT2D eigenvalue weighted by atomic mass is 32.2. The van der Waals surface area contributed by atoms with E-state index in [-0.39, 0.29) is 16.3 Å². The topological polar surface area (TPSA) is 96.4 Å². The Morgan fingerprint density at radius 1 is 1.12 bits per heavy atom. The molecule has 6 nitrogen and oxygen atoms in total. The van der Waals surface area contributed by atoms with Gasteiger partial charge in [0.05, 0.1) is 11.3 Å². The van der Waals surface area contributed by atoms with Gasteiger partial charge < -0.3 is 5.11 Å². The number of benzene rings is 2. The molecule has 3 rings (SSSR count). The SMILES string of the molecule is O=C(O)c1ccccc1NS(=O)(=O)c1csc(-c2ccc(F)cc2)n1. The number of hydrogen-bond acceptors (Lipinski definition) is 5. The van der Waals surface area contributed by atoms with E-state index in [0.717, 1.165) is 11.3 Å². The maximum atomic E-state index is 13.0. The Labute approximate surface area is 146 Å². The van der Waals surface area contributed by atoms with Crippen molar-refractivity contribution in [1.82, 2.24) is 4.98 Å². The fraction of sp³-hybridized carbons (Fsp3) is 0. The smallest absolute Gasteiger partial charge is 0.337 e. The number of sulfonamides is 1. The van der Waals surface area contributed by atoms with Crippen LogP contribution in [0.5, 0.6) is 0 Å². The molecule has 0 fully saturated rings. The molecule has 2 N–H and O–H groups in total. The summed E-state index contributed by atoms with van der Waals surface area (Å²) >= 11 is 1.09. The minimum atomic E-state index is -4.05. The molecule has 2 aromatic carbocycles. The van der Waals surface area contributed by atoms with Gasteiger partial charge in [-0.05, 0) is 36.4 Å². The van der Waals surface area contributed by atoms with Gasteiger partial charge in [-0.25, -0.2) is 14.2 Å². The highest BCUT2D eigenvalue weighted by molar-refractivity contribution is 7.92. The first-order valence-electron chi connectivity index (χ1n) is 6.93. The Morgan fingerprint density at radius 3 is 2.48 bits per heavy atom. The molecule has 9 heteroatoms. The first kappa shape index (κ1) is 17.1. The highest BCUT2D eigenvalue weighted by Gasteiger charge is 2.21. The Balaban J connectivity index is 1.91. The number of carboxylic acids is 1. The lowest BCUT2D eigenvalue weighted by molar-refractivity contribution is 0.0698. The van der Waals surface area contributed by atoms with E-state index in [9.17, 15) is 17.6 Å². The number of halogens is 1. The second-order valence-corrected chi connectivity index (χ2v) is 7.44. The minimum Gasteiger partial charge on any atom is -0.478 e. The molecule has 0 radical (unpaired) electrons. The van der Waals surface area contributed by atoms with Gasteiger partial charge in [0, 0.05) is 10.9 Å². The van der Waals surface area contributed by atoms with Crippen molar-refractivity contribution >= 4 is 33.0 Å². The summed E-state index contributed by atoms with van der Waals surface area (Å²) in [6.45, 7) is 0. The van der Waals surface area contributed by atoms with Gasteiger partial charge in [0.25, 0.3) is 10.0 Å². The van der Waals surface area contributed by atoms with E-state index in [1.807, 2.05) is 0 Å². The van der Waals surface area contributed by atoms with Crippen LogP contribution in [-0.4, -0.2) is 24.5 Å². The van der Waals surface area contributed by atoms with Gasteiger partial charge in [0.2, 0.25) is 0 Å². The van der Waals surface area contributed by atoms with Crippen LogP contribution in [0.2, 0.25) is 0 Å². The van der Waals surface area contributed by atoms with Crippen LogP contribution in [0.3, 0.4) is 0 Å². The van der Waals surface area contributed by atoms with E-state index in [1.165, 1.54) is 53.9 Å². The molecule has 0 atom stereocenters. The van der Waals surface area contributed by atoms with Crippen LogP contribution in [0.25, 0.3) is 10.6 Å². The number of rotatable bonds is 5. The van der Waals surface area contributed by atoms with Crippen molar-refractivity contribution in [1.29, 1.82) is 0 Å². The van der Waals surface area contributed by atoms with Crippen LogP contribution in [0.15, 0.2) is 58.9 Å². The molecule has 3 aromatic rings. The fourth-order valence-corrected chi connectivity index (χ4v) is 4.24. The molecule has 0 saturated carbocycles. The van der Waals surface area contributed by atoms with Crippen molar-refractivity contribution in [2.75, 3.05) is 4.72 Å². The van der Waals surface area contributed by atoms with Gasteiger partial charge in [-0.1, -0.05) is 12.1 Å². The monoisotopic (exact) mass is 378 g/mol. The normalized spacial score (nSPS) is 11.2. The number of aromatic nitrogens is 1. The number of carbonyl (C=O) groups is 1. The highest BCUT2D eigenvalue weighted by Crippen LogP contribution is 2.27. The van der Waals surface area contributed by atoms with E-state index >= 15 is 0 Å². The van der Waals surface area contributed by atoms with Gasteiger partial charge in [0.1, 0.15) is 10.8 Å². The second kappa shape index (κ2) is 6.61. The van der Waals surface area contributed by atoms with Gasteiger partial charge in [0.15, 0.2) is 5.03 Å². The van der Waals surface area contributed by atoms with Gasteiger partial charge in [-0.3, -0.25) is 4.72 Å². The molecule has 0 amide bonds. The molecular formula is C16H11FN2O4S2. The molecule has 25 heavy (non-hydrogen) atoms. The lowest BCUT2D eigenvalue weighted by atomic mass is 10.2. The number of para-hydroxylation sites is 1. The average Bonchev–Trinajstić information content (AvgIpc) is 3.06. The summed E-state index contributed by atoms with van der Waals surface area (Å²) in [7, 11) is -4.05. The van der Waals surface area contributed by atoms with Crippen LogP contribution in [0.1, 0.15) is 10.4 Å². The summed E-state index contributed by atoms with van der Waals surface area (Å²) in [5.74, 6) is -1.65. The van der Waals surface area contributed by atoms with Crippen molar-refractivity contribution in [3.8, 4) is 10.6 Å². The third-order valence-corrected chi connectivity index (χ3v) is 5.54. The molecule has 0 aliphatic carbocycles. The number of hydrogen-bond donors (Lipinski definition) is 2. The molecule has 128 valence electrons. The van der Waals surface area contributed by atoms with Crippen LogP contribution >= 0.6 is 11.3 Å². The Morgan fingerprint density at radius 2 is 1.80 bits per heavy atom. The number of thiazole rings is 1. The number of nitrogens with zero attached hydrogens (tertiary/aromatic N) is 1. The largest absolute Gasteiger partial charge is 0.478 e. The minimum absolute atomic E-state index is 0.0497. The maximum absolute atomic E-state index is 13.0. The molecule has 1 aromatic heterocycles. The summed E-state index contributed by atoms with van der Waals surface area (Å²) in [4.78, 5) is 15.2. The third kappa shape index (κ3) is 3.67. The van der Waals surface area contributed by atoms with Crippen LogP contribution < -0.4 is 4.72 Å². The van der Waals surface area contributed by atoms with Crippen LogP contribution in [0, 0.1) is 5.82 Å². The molecule has 0 aliphatic rings. The van der Waals surface area contributed by atoms with Crippen LogP contribution in [0.4, 0.5) is 10.1 Å². The maximum Gasteiger partial charge on any atom is 0.337 e. The molecule has 0 bridgehead atoms. The van der Waals surface area contributed by atoms with Crippen molar-refractivity contribution < 1.29 is 22.7 Å². The predicted octanol–water partition coefficient (Wildman–Crippen LogP) is 3.45. The number of nitrogens with one attached hydrogen (secondary N) is 1. The standard InChI is InChI=1S/C16H11FN2O4S2/c17-11-7-5-10(6-8-11)15-18-14(9-24-15)25(22,23)19-13-4-2-1-3-12(13)16(20)21/h1-9,19H,(H,20,21). The van der Waals surface area contributed by atoms with E-state index < -0.39 is 21.8 Å². The van der Waals surface area contributed by atoms with Gasteiger partial charge in [-0.2, -0.15) is 8.42 Å². The summed E-state index contributed by atoms with van der Waals surface area (Å²) in [5.41, 5.74) is 0.366. The fourth-order valence-electron chi connectivity index (χ4n) is 2.06. The summed E-state index contributed by atoms with van der Waals surface area (Å²) in [6.07, 6.45) is 0. The van der Waals surface area contributed by atoms with E-state index in [2.05, 4.69) is 9.71 Å². The molecule has 0 unspecified atom stereocenters. The Kier molecular flexibility index (Phi) is 4.51. The zero-order valence-corrected chi connectivity index (χ0v) is 14.1. The van der Waals surface area contributed by atoms with Gasteiger partial charge in [-0.15, -0.1) is 11.3 Å².